The number of nitrogens with one attached hydrogen (secondary N) is 1. The van der Waals surface area contributed by atoms with Gasteiger partial charge in [-0.05, 0) is 24.5 Å². The summed E-state index contributed by atoms with van der Waals surface area (Å²) in [6.45, 7) is 0.739. The van der Waals surface area contributed by atoms with Gasteiger partial charge in [0.05, 0.1) is 27.6 Å². The number of aliphatic hydroxyl groups excluding tert-OH is 1. The number of rotatable bonds is 0. The molecule has 1 aromatic rings. The highest BCUT2D eigenvalue weighted by molar-refractivity contribution is 9.11. The predicted molar refractivity (Wildman–Crippen MR) is 102 cm³/mol. The van der Waals surface area contributed by atoms with Gasteiger partial charge >= 0.3 is 0 Å². The lowest BCUT2D eigenvalue weighted by atomic mass is 9.70. The standard InChI is InChI=1S/C18H14BrN3O2S/c19-8-4-18-5-11(25-10(18)3-9(8)23)22-16-13(18)14-12-7(1-2-20-14)6-21-15(12)17(16)24/h4-6,9-10,22-24H,1-3H2. The van der Waals surface area contributed by atoms with Crippen LogP contribution in [0.15, 0.2) is 31.6 Å². The van der Waals surface area contributed by atoms with E-state index in [0.29, 0.717) is 12.1 Å². The van der Waals surface area contributed by atoms with Crippen LogP contribution in [-0.2, 0) is 5.41 Å². The molecule has 3 unspecified atom stereocenters. The normalized spacial score (nSPS) is 33.0. The van der Waals surface area contributed by atoms with Gasteiger partial charge in [-0.3, -0.25) is 9.98 Å². The van der Waals surface area contributed by atoms with Gasteiger partial charge in [-0.15, -0.1) is 11.8 Å². The molecule has 0 saturated heterocycles. The summed E-state index contributed by atoms with van der Waals surface area (Å²) >= 11 is 5.27. The van der Waals surface area contributed by atoms with Gasteiger partial charge < -0.3 is 15.5 Å². The topological polar surface area (TPSA) is 77.2 Å². The Morgan fingerprint density at radius 3 is 3.12 bits per heavy atom. The van der Waals surface area contributed by atoms with E-state index >= 15 is 0 Å². The average molecular weight is 416 g/mol. The van der Waals surface area contributed by atoms with E-state index in [1.165, 1.54) is 0 Å². The van der Waals surface area contributed by atoms with Crippen molar-refractivity contribution in [3.05, 3.63) is 37.8 Å². The van der Waals surface area contributed by atoms with Crippen LogP contribution in [0.5, 0.6) is 5.75 Å². The summed E-state index contributed by atoms with van der Waals surface area (Å²) in [5.74, 6) is 0.207. The lowest BCUT2D eigenvalue weighted by Gasteiger charge is -2.38. The fourth-order valence-corrected chi connectivity index (χ4v) is 6.66. The molecule has 0 amide bonds. The number of thioether (sulfide) groups is 1. The van der Waals surface area contributed by atoms with Gasteiger partial charge in [0.25, 0.3) is 0 Å². The van der Waals surface area contributed by atoms with E-state index in [1.54, 1.807) is 11.8 Å². The van der Waals surface area contributed by atoms with Gasteiger partial charge in [0, 0.05) is 33.3 Å². The molecule has 2 bridgehead atoms. The van der Waals surface area contributed by atoms with Crippen LogP contribution in [0.1, 0.15) is 18.4 Å². The number of anilines is 1. The first-order valence-electron chi connectivity index (χ1n) is 8.32. The van der Waals surface area contributed by atoms with E-state index in [4.69, 9.17) is 4.99 Å². The third-order valence-electron chi connectivity index (χ3n) is 5.73. The van der Waals surface area contributed by atoms with E-state index in [1.807, 2.05) is 6.21 Å². The second-order valence-corrected chi connectivity index (χ2v) is 9.20. The maximum absolute atomic E-state index is 10.9. The Hall–Kier alpha value is -1.57. The highest BCUT2D eigenvalue weighted by Gasteiger charge is 2.52. The Morgan fingerprint density at radius 1 is 1.36 bits per heavy atom. The molecule has 3 N–H and O–H groups in total. The van der Waals surface area contributed by atoms with Crippen molar-refractivity contribution in [2.45, 2.75) is 29.6 Å². The summed E-state index contributed by atoms with van der Waals surface area (Å²) in [5, 5.41) is 27.8. The number of hydrogen-bond donors (Lipinski definition) is 3. The molecule has 5 aliphatic rings. The number of phenolic OH excluding ortho intramolecular Hbond substituents is 1. The molecule has 6 rings (SSSR count). The summed E-state index contributed by atoms with van der Waals surface area (Å²) in [7, 11) is 0. The van der Waals surface area contributed by atoms with Gasteiger partial charge in [-0.2, -0.15) is 0 Å². The molecule has 0 aromatic heterocycles. The molecule has 0 fully saturated rings. The van der Waals surface area contributed by atoms with E-state index in [0.717, 1.165) is 49.9 Å². The molecular weight excluding hydrogens is 402 g/mol. The van der Waals surface area contributed by atoms with Crippen molar-refractivity contribution in [3.8, 4) is 5.75 Å². The smallest absolute Gasteiger partial charge is 0.166 e. The number of halogens is 1. The SMILES string of the molecule is Oc1c2c(c3c4c1N=CC=4CCN=3)C13C=C(N2)SC1CC(O)C(Br)=C3. The Morgan fingerprint density at radius 2 is 2.24 bits per heavy atom. The molecule has 3 atom stereocenters. The fourth-order valence-electron chi connectivity index (χ4n) is 4.63. The molecule has 0 saturated carbocycles. The van der Waals surface area contributed by atoms with Gasteiger partial charge in [-0.1, -0.05) is 22.0 Å². The second kappa shape index (κ2) is 4.58. The van der Waals surface area contributed by atoms with Gasteiger partial charge in [-0.25, -0.2) is 0 Å². The van der Waals surface area contributed by atoms with Crippen molar-refractivity contribution in [2.75, 3.05) is 11.9 Å². The van der Waals surface area contributed by atoms with Crippen molar-refractivity contribution >= 4 is 50.9 Å². The minimum atomic E-state index is -0.485. The van der Waals surface area contributed by atoms with Crippen LogP contribution in [0.4, 0.5) is 11.4 Å². The zero-order valence-electron chi connectivity index (χ0n) is 13.1. The van der Waals surface area contributed by atoms with Gasteiger partial charge in [0.2, 0.25) is 0 Å². The molecule has 1 spiro atoms. The molecule has 126 valence electrons. The minimum Gasteiger partial charge on any atom is -0.504 e. The Balaban J connectivity index is 1.79. The monoisotopic (exact) mass is 415 g/mol. The van der Waals surface area contributed by atoms with E-state index in [2.05, 4.69) is 38.4 Å². The number of fused-ring (bicyclic) bond motifs is 2. The maximum Gasteiger partial charge on any atom is 0.166 e. The highest BCUT2D eigenvalue weighted by Crippen LogP contribution is 2.59. The molecule has 25 heavy (non-hydrogen) atoms. The molecule has 1 aliphatic carbocycles. The summed E-state index contributed by atoms with van der Waals surface area (Å²) in [4.78, 5) is 9.30. The number of aliphatic hydroxyl groups is 1. The third-order valence-corrected chi connectivity index (χ3v) is 7.83. The first-order valence-corrected chi connectivity index (χ1v) is 10.00. The van der Waals surface area contributed by atoms with Crippen LogP contribution in [-0.4, -0.2) is 34.3 Å². The van der Waals surface area contributed by atoms with Crippen LogP contribution in [0, 0.1) is 0 Å². The number of aliphatic imine (C=N–C) groups is 1. The Labute approximate surface area is 156 Å². The number of allylic oxidation sites excluding steroid dienone is 2. The fraction of sp³-hybridized carbons (Fsp3) is 0.333. The van der Waals surface area contributed by atoms with Gasteiger partial charge in [0.1, 0.15) is 5.69 Å². The molecule has 7 heteroatoms. The third kappa shape index (κ3) is 1.65. The van der Waals surface area contributed by atoms with E-state index < -0.39 is 6.10 Å². The number of nitrogens with zero attached hydrogens (tertiary/aromatic N) is 2. The first kappa shape index (κ1) is 14.6. The van der Waals surface area contributed by atoms with Crippen LogP contribution in [0.3, 0.4) is 0 Å². The zero-order valence-corrected chi connectivity index (χ0v) is 15.5. The molecule has 0 radical (unpaired) electrons. The number of hydrogen-bond acceptors (Lipinski definition) is 6. The van der Waals surface area contributed by atoms with Crippen LogP contribution >= 0.6 is 27.7 Å². The lowest BCUT2D eigenvalue weighted by molar-refractivity contribution is 0.195. The maximum atomic E-state index is 10.9. The molecular formula is C18H14BrN3O2S. The average Bonchev–Trinajstić information content (AvgIpc) is 3.13. The van der Waals surface area contributed by atoms with Crippen molar-refractivity contribution in [1.29, 1.82) is 0 Å². The van der Waals surface area contributed by atoms with Crippen LogP contribution in [0.2, 0.25) is 0 Å². The summed E-state index contributed by atoms with van der Waals surface area (Å²) in [5.41, 5.74) is 3.17. The van der Waals surface area contributed by atoms with Crippen molar-refractivity contribution < 1.29 is 10.2 Å². The first-order chi connectivity index (χ1) is 12.1. The van der Waals surface area contributed by atoms with Crippen LogP contribution < -0.4 is 15.9 Å². The van der Waals surface area contributed by atoms with Crippen molar-refractivity contribution in [1.82, 2.24) is 0 Å². The van der Waals surface area contributed by atoms with Crippen molar-refractivity contribution in [2.24, 2.45) is 9.98 Å². The quantitative estimate of drug-likeness (QED) is 0.565. The number of aromatic hydroxyl groups is 1. The van der Waals surface area contributed by atoms with E-state index in [-0.39, 0.29) is 16.4 Å². The summed E-state index contributed by atoms with van der Waals surface area (Å²) in [6.07, 6.45) is 7.23. The Bertz CT molecular complexity index is 1090. The molecule has 4 heterocycles. The molecule has 5 nitrogen and oxygen atoms in total. The summed E-state index contributed by atoms with van der Waals surface area (Å²) in [6, 6.07) is 0. The lowest BCUT2D eigenvalue weighted by Crippen LogP contribution is -2.46. The van der Waals surface area contributed by atoms with Crippen molar-refractivity contribution in [3.63, 3.8) is 0 Å². The summed E-state index contributed by atoms with van der Waals surface area (Å²) < 4.78 is 0.804. The van der Waals surface area contributed by atoms with Gasteiger partial charge in [0.15, 0.2) is 5.75 Å². The number of phenols is 1. The molecule has 1 aromatic carbocycles. The van der Waals surface area contributed by atoms with E-state index in [9.17, 15) is 10.2 Å². The predicted octanol–water partition coefficient (Wildman–Crippen LogP) is 1.95. The largest absolute Gasteiger partial charge is 0.504 e. The zero-order chi connectivity index (χ0) is 16.9. The molecule has 4 aliphatic heterocycles. The minimum absolute atomic E-state index is 0.184. The Kier molecular flexibility index (Phi) is 2.67. The van der Waals surface area contributed by atoms with Crippen LogP contribution in [0.25, 0.3) is 5.57 Å². The second-order valence-electron chi connectivity index (χ2n) is 7.04. The highest BCUT2D eigenvalue weighted by atomic mass is 79.9. The number of benzene rings is 1.